The monoisotopic (exact) mass is 232 g/mol. The van der Waals surface area contributed by atoms with Gasteiger partial charge in [0.1, 0.15) is 0 Å². The molecule has 0 bridgehead atoms. The van der Waals surface area contributed by atoms with Crippen LogP contribution >= 0.6 is 0 Å². The van der Waals surface area contributed by atoms with Crippen LogP contribution in [0.3, 0.4) is 0 Å². The number of hydrogen-bond acceptors (Lipinski definition) is 2. The molecule has 0 amide bonds. The third kappa shape index (κ3) is 1.63. The third-order valence-corrected chi connectivity index (χ3v) is 7.21. The highest BCUT2D eigenvalue weighted by Crippen LogP contribution is 2.55. The van der Waals surface area contributed by atoms with Crippen LogP contribution in [0.15, 0.2) is 0 Å². The standard InChI is InChI=1S/C12H24O2S/c1-10(2,3)12(11(4,5)6)8-7-9-15(12,13)14/h7-9H2,1-6H3. The number of rotatable bonds is 0. The van der Waals surface area contributed by atoms with Gasteiger partial charge in [-0.15, -0.1) is 0 Å². The van der Waals surface area contributed by atoms with Gasteiger partial charge in [-0.3, -0.25) is 0 Å². The Kier molecular flexibility index (Phi) is 2.80. The molecule has 2 nitrogen and oxygen atoms in total. The van der Waals surface area contributed by atoms with Crippen molar-refractivity contribution in [2.75, 3.05) is 5.75 Å². The summed E-state index contributed by atoms with van der Waals surface area (Å²) in [5, 5.41) is 0. The minimum absolute atomic E-state index is 0.194. The zero-order chi connectivity index (χ0) is 12.1. The molecule has 3 heteroatoms. The second kappa shape index (κ2) is 3.22. The summed E-state index contributed by atoms with van der Waals surface area (Å²) in [5.41, 5.74) is -0.388. The molecule has 0 unspecified atom stereocenters. The third-order valence-electron chi connectivity index (χ3n) is 3.90. The molecule has 0 aliphatic carbocycles. The van der Waals surface area contributed by atoms with Crippen molar-refractivity contribution in [1.29, 1.82) is 0 Å². The fraction of sp³-hybridized carbons (Fsp3) is 1.00. The molecule has 15 heavy (non-hydrogen) atoms. The lowest BCUT2D eigenvalue weighted by Crippen LogP contribution is -2.56. The molecule has 1 aliphatic rings. The molecule has 0 aromatic heterocycles. The van der Waals surface area contributed by atoms with Gasteiger partial charge in [0.05, 0.1) is 10.5 Å². The summed E-state index contributed by atoms with van der Waals surface area (Å²) >= 11 is 0. The summed E-state index contributed by atoms with van der Waals surface area (Å²) in [7, 11) is -2.96. The maximum absolute atomic E-state index is 12.4. The van der Waals surface area contributed by atoms with Crippen LogP contribution in [0.1, 0.15) is 54.4 Å². The first kappa shape index (κ1) is 13.0. The molecular weight excluding hydrogens is 208 g/mol. The average molecular weight is 232 g/mol. The van der Waals surface area contributed by atoms with Gasteiger partial charge in [-0.2, -0.15) is 0 Å². The van der Waals surface area contributed by atoms with Gasteiger partial charge in [-0.25, -0.2) is 8.42 Å². The maximum atomic E-state index is 12.4. The van der Waals surface area contributed by atoms with E-state index in [1.54, 1.807) is 0 Å². The minimum atomic E-state index is -2.96. The van der Waals surface area contributed by atoms with E-state index in [1.165, 1.54) is 0 Å². The zero-order valence-electron chi connectivity index (χ0n) is 10.8. The van der Waals surface area contributed by atoms with E-state index in [1.807, 2.05) is 0 Å². The second-order valence-corrected chi connectivity index (χ2v) is 9.08. The lowest BCUT2D eigenvalue weighted by molar-refractivity contribution is 0.129. The lowest BCUT2D eigenvalue weighted by atomic mass is 9.64. The van der Waals surface area contributed by atoms with Crippen LogP contribution in [0, 0.1) is 10.8 Å². The SMILES string of the molecule is CC(C)(C)C1(C(C)(C)C)CCCS1(=O)=O. The number of sulfone groups is 1. The van der Waals surface area contributed by atoms with Crippen molar-refractivity contribution >= 4 is 9.84 Å². The molecule has 0 aromatic rings. The van der Waals surface area contributed by atoms with Crippen LogP contribution in [-0.4, -0.2) is 18.9 Å². The van der Waals surface area contributed by atoms with Crippen LogP contribution in [0.25, 0.3) is 0 Å². The predicted molar refractivity (Wildman–Crippen MR) is 64.7 cm³/mol. The van der Waals surface area contributed by atoms with E-state index in [0.717, 1.165) is 12.8 Å². The topological polar surface area (TPSA) is 34.1 Å². The van der Waals surface area contributed by atoms with Crippen molar-refractivity contribution in [1.82, 2.24) is 0 Å². The molecule has 0 saturated carbocycles. The van der Waals surface area contributed by atoms with Crippen molar-refractivity contribution in [2.24, 2.45) is 10.8 Å². The molecule has 1 fully saturated rings. The van der Waals surface area contributed by atoms with Crippen molar-refractivity contribution in [3.63, 3.8) is 0 Å². The van der Waals surface area contributed by atoms with Gasteiger partial charge in [0.2, 0.25) is 0 Å². The van der Waals surface area contributed by atoms with Gasteiger partial charge in [0, 0.05) is 0 Å². The normalized spacial score (nSPS) is 25.5. The first-order valence-corrected chi connectivity index (χ1v) is 7.33. The van der Waals surface area contributed by atoms with Crippen LogP contribution in [0.2, 0.25) is 0 Å². The molecule has 0 spiro atoms. The Labute approximate surface area is 94.4 Å². The Morgan fingerprint density at radius 2 is 1.33 bits per heavy atom. The predicted octanol–water partition coefficient (Wildman–Crippen LogP) is 3.03. The van der Waals surface area contributed by atoms with E-state index in [-0.39, 0.29) is 10.8 Å². The summed E-state index contributed by atoms with van der Waals surface area (Å²) < 4.78 is 24.2. The molecule has 0 atom stereocenters. The highest BCUT2D eigenvalue weighted by atomic mass is 32.2. The summed E-state index contributed by atoms with van der Waals surface area (Å²) in [4.78, 5) is 0. The van der Waals surface area contributed by atoms with Gasteiger partial charge >= 0.3 is 0 Å². The molecule has 1 rings (SSSR count). The fourth-order valence-corrected chi connectivity index (χ4v) is 6.84. The van der Waals surface area contributed by atoms with E-state index < -0.39 is 14.6 Å². The van der Waals surface area contributed by atoms with Gasteiger partial charge in [0.25, 0.3) is 0 Å². The maximum Gasteiger partial charge on any atom is 0.157 e. The van der Waals surface area contributed by atoms with Gasteiger partial charge in [-0.05, 0) is 23.7 Å². The highest BCUT2D eigenvalue weighted by molar-refractivity contribution is 7.93. The summed E-state index contributed by atoms with van der Waals surface area (Å²) in [6.07, 6.45) is 1.62. The average Bonchev–Trinajstić information content (AvgIpc) is 2.21. The van der Waals surface area contributed by atoms with Crippen molar-refractivity contribution in [2.45, 2.75) is 59.1 Å². The van der Waals surface area contributed by atoms with Crippen molar-refractivity contribution in [3.8, 4) is 0 Å². The Hall–Kier alpha value is -0.0500. The Bertz CT molecular complexity index is 325. The Morgan fingerprint density at radius 1 is 0.933 bits per heavy atom. The molecule has 0 radical (unpaired) electrons. The lowest BCUT2D eigenvalue weighted by Gasteiger charge is -2.50. The van der Waals surface area contributed by atoms with Crippen LogP contribution in [0.4, 0.5) is 0 Å². The van der Waals surface area contributed by atoms with Crippen molar-refractivity contribution < 1.29 is 8.42 Å². The molecule has 1 saturated heterocycles. The first-order chi connectivity index (χ1) is 6.46. The number of hydrogen-bond donors (Lipinski definition) is 0. The van der Waals surface area contributed by atoms with E-state index in [4.69, 9.17) is 0 Å². The van der Waals surface area contributed by atoms with E-state index in [9.17, 15) is 8.42 Å². The molecule has 0 N–H and O–H groups in total. The van der Waals surface area contributed by atoms with Gasteiger partial charge < -0.3 is 0 Å². The highest BCUT2D eigenvalue weighted by Gasteiger charge is 2.61. The Morgan fingerprint density at radius 3 is 1.47 bits per heavy atom. The zero-order valence-corrected chi connectivity index (χ0v) is 11.7. The molecule has 90 valence electrons. The van der Waals surface area contributed by atoms with Crippen LogP contribution in [-0.2, 0) is 9.84 Å². The quantitative estimate of drug-likeness (QED) is 0.643. The molecular formula is C12H24O2S. The smallest absolute Gasteiger partial charge is 0.157 e. The summed E-state index contributed by atoms with van der Waals surface area (Å²) in [6, 6.07) is 0. The van der Waals surface area contributed by atoms with Gasteiger partial charge in [0.15, 0.2) is 9.84 Å². The summed E-state index contributed by atoms with van der Waals surface area (Å²) in [5.74, 6) is 0.363. The summed E-state index contributed by atoms with van der Waals surface area (Å²) in [6.45, 7) is 12.3. The molecule has 1 heterocycles. The van der Waals surface area contributed by atoms with Crippen LogP contribution in [0.5, 0.6) is 0 Å². The van der Waals surface area contributed by atoms with Gasteiger partial charge in [-0.1, -0.05) is 41.5 Å². The van der Waals surface area contributed by atoms with Crippen molar-refractivity contribution in [3.05, 3.63) is 0 Å². The minimum Gasteiger partial charge on any atom is -0.228 e. The fourth-order valence-electron chi connectivity index (χ4n) is 3.65. The largest absolute Gasteiger partial charge is 0.228 e. The Balaban J connectivity index is 3.47. The van der Waals surface area contributed by atoms with E-state index in [2.05, 4.69) is 41.5 Å². The molecule has 0 aromatic carbocycles. The van der Waals surface area contributed by atoms with E-state index in [0.29, 0.717) is 5.75 Å². The second-order valence-electron chi connectivity index (χ2n) is 6.75. The molecule has 1 aliphatic heterocycles. The first-order valence-electron chi connectivity index (χ1n) is 5.68. The van der Waals surface area contributed by atoms with Crippen LogP contribution < -0.4 is 0 Å². The van der Waals surface area contributed by atoms with E-state index >= 15 is 0 Å².